The lowest BCUT2D eigenvalue weighted by Crippen LogP contribution is -2.14. The Labute approximate surface area is 135 Å². The highest BCUT2D eigenvalue weighted by molar-refractivity contribution is 9.10. The minimum atomic E-state index is -3.77. The van der Waals surface area contributed by atoms with Gasteiger partial charge in [0.25, 0.3) is 10.0 Å². The van der Waals surface area contributed by atoms with Crippen LogP contribution in [0.15, 0.2) is 50.8 Å². The number of pyridine rings is 1. The predicted molar refractivity (Wildman–Crippen MR) is 86.0 cm³/mol. The van der Waals surface area contributed by atoms with Crippen molar-refractivity contribution in [2.45, 2.75) is 9.79 Å². The van der Waals surface area contributed by atoms with Gasteiger partial charge in [-0.25, -0.2) is 13.4 Å². The predicted octanol–water partition coefficient (Wildman–Crippen LogP) is 4.02. The van der Waals surface area contributed by atoms with Crippen molar-refractivity contribution in [2.24, 2.45) is 0 Å². The molecule has 0 aliphatic rings. The normalized spacial score (nSPS) is 11.3. The Morgan fingerprint density at radius 2 is 1.95 bits per heavy atom. The largest absolute Gasteiger partial charge is 0.280 e. The third kappa shape index (κ3) is 3.66. The summed E-state index contributed by atoms with van der Waals surface area (Å²) in [7, 11) is -3.77. The fraction of sp³-hybridized carbons (Fsp3) is 0.0833. The number of hydrogen-bond acceptors (Lipinski definition) is 4. The van der Waals surface area contributed by atoms with Crippen LogP contribution < -0.4 is 4.72 Å². The summed E-state index contributed by atoms with van der Waals surface area (Å²) in [4.78, 5) is 4.79. The number of rotatable bonds is 4. The van der Waals surface area contributed by atoms with E-state index < -0.39 is 10.0 Å². The van der Waals surface area contributed by atoms with Gasteiger partial charge in [-0.1, -0.05) is 11.6 Å². The van der Waals surface area contributed by atoms with Crippen LogP contribution in [-0.4, -0.2) is 19.7 Å². The highest BCUT2D eigenvalue weighted by Crippen LogP contribution is 2.25. The molecule has 0 atom stereocenters. The fourth-order valence-corrected chi connectivity index (χ4v) is 3.87. The van der Waals surface area contributed by atoms with Crippen LogP contribution in [0.4, 0.5) is 5.69 Å². The molecule has 0 aliphatic heterocycles. The molecule has 0 saturated heterocycles. The molecule has 0 spiro atoms. The van der Waals surface area contributed by atoms with Gasteiger partial charge < -0.3 is 0 Å². The highest BCUT2D eigenvalue weighted by atomic mass is 79.9. The molecule has 4 nitrogen and oxygen atoms in total. The van der Waals surface area contributed by atoms with Gasteiger partial charge in [-0.15, -0.1) is 11.8 Å². The molecule has 0 radical (unpaired) electrons. The van der Waals surface area contributed by atoms with Crippen LogP contribution in [0.3, 0.4) is 0 Å². The average Bonchev–Trinajstić information content (AvgIpc) is 2.42. The monoisotopic (exact) mass is 392 g/mol. The van der Waals surface area contributed by atoms with Crippen molar-refractivity contribution in [1.82, 2.24) is 4.98 Å². The Balaban J connectivity index is 2.32. The molecule has 1 N–H and O–H groups in total. The lowest BCUT2D eigenvalue weighted by Gasteiger charge is -2.09. The van der Waals surface area contributed by atoms with Gasteiger partial charge in [0.05, 0.1) is 0 Å². The lowest BCUT2D eigenvalue weighted by atomic mass is 10.3. The first-order valence-corrected chi connectivity index (χ1v) is 9.28. The highest BCUT2D eigenvalue weighted by Gasteiger charge is 2.19. The second-order valence-electron chi connectivity index (χ2n) is 3.78. The standard InChI is InChI=1S/C12H10BrClN2O2S2/c1-19-10-4-2-9(3-5-10)16-20(17,18)11-6-8(13)7-15-12(11)14/h2-7,16H,1H3. The SMILES string of the molecule is CSc1ccc(NS(=O)(=O)c2cc(Br)cnc2Cl)cc1. The van der Waals surface area contributed by atoms with Gasteiger partial charge in [0.2, 0.25) is 0 Å². The smallest absolute Gasteiger partial charge is 0.265 e. The van der Waals surface area contributed by atoms with E-state index in [0.717, 1.165) is 4.90 Å². The molecule has 20 heavy (non-hydrogen) atoms. The van der Waals surface area contributed by atoms with Crippen LogP contribution in [-0.2, 0) is 10.0 Å². The van der Waals surface area contributed by atoms with Crippen LogP contribution in [0, 0.1) is 0 Å². The number of nitrogens with zero attached hydrogens (tertiary/aromatic N) is 1. The minimum absolute atomic E-state index is 0.0671. The van der Waals surface area contributed by atoms with E-state index in [-0.39, 0.29) is 10.0 Å². The van der Waals surface area contributed by atoms with E-state index in [9.17, 15) is 8.42 Å². The van der Waals surface area contributed by atoms with Crippen molar-refractivity contribution in [1.29, 1.82) is 0 Å². The number of anilines is 1. The van der Waals surface area contributed by atoms with E-state index in [1.165, 1.54) is 12.3 Å². The van der Waals surface area contributed by atoms with E-state index >= 15 is 0 Å². The molecule has 1 heterocycles. The van der Waals surface area contributed by atoms with Gasteiger partial charge in [0, 0.05) is 21.3 Å². The van der Waals surface area contributed by atoms with Crippen molar-refractivity contribution in [3.8, 4) is 0 Å². The molecule has 0 amide bonds. The molecular formula is C12H10BrClN2O2S2. The second-order valence-corrected chi connectivity index (χ2v) is 7.58. The van der Waals surface area contributed by atoms with Crippen LogP contribution in [0.5, 0.6) is 0 Å². The van der Waals surface area contributed by atoms with Gasteiger partial charge in [0.15, 0.2) is 0 Å². The molecule has 0 bridgehead atoms. The number of aromatic nitrogens is 1. The Morgan fingerprint density at radius 1 is 1.30 bits per heavy atom. The zero-order valence-electron chi connectivity index (χ0n) is 10.3. The van der Waals surface area contributed by atoms with Crippen molar-refractivity contribution in [3.63, 3.8) is 0 Å². The molecule has 2 rings (SSSR count). The fourth-order valence-electron chi connectivity index (χ4n) is 1.46. The van der Waals surface area contributed by atoms with E-state index in [1.807, 2.05) is 18.4 Å². The van der Waals surface area contributed by atoms with E-state index in [0.29, 0.717) is 10.2 Å². The summed E-state index contributed by atoms with van der Waals surface area (Å²) in [6, 6.07) is 8.48. The zero-order valence-corrected chi connectivity index (χ0v) is 14.3. The molecule has 8 heteroatoms. The number of benzene rings is 1. The Kier molecular flexibility index (Phi) is 4.95. The first kappa shape index (κ1) is 15.6. The summed E-state index contributed by atoms with van der Waals surface area (Å²) in [6.07, 6.45) is 3.39. The summed E-state index contributed by atoms with van der Waals surface area (Å²) < 4.78 is 27.5. The van der Waals surface area contributed by atoms with Crippen LogP contribution in [0.25, 0.3) is 0 Å². The summed E-state index contributed by atoms with van der Waals surface area (Å²) >= 11 is 10.6. The number of halogens is 2. The Morgan fingerprint density at radius 3 is 2.55 bits per heavy atom. The zero-order chi connectivity index (χ0) is 14.8. The Hall–Kier alpha value is -0.760. The van der Waals surface area contributed by atoms with Crippen molar-refractivity contribution < 1.29 is 8.42 Å². The number of hydrogen-bond donors (Lipinski definition) is 1. The second kappa shape index (κ2) is 6.34. The summed E-state index contributed by atoms with van der Waals surface area (Å²) in [5.41, 5.74) is 0.471. The number of sulfonamides is 1. The lowest BCUT2D eigenvalue weighted by molar-refractivity contribution is 0.601. The molecule has 0 fully saturated rings. The van der Waals surface area contributed by atoms with Gasteiger partial charge in [-0.05, 0) is 52.5 Å². The molecular weight excluding hydrogens is 384 g/mol. The molecule has 2 aromatic rings. The third-order valence-corrected chi connectivity index (χ3v) is 5.39. The van der Waals surface area contributed by atoms with E-state index in [4.69, 9.17) is 11.6 Å². The summed E-state index contributed by atoms with van der Waals surface area (Å²) in [6.45, 7) is 0. The van der Waals surface area contributed by atoms with Crippen LogP contribution in [0.2, 0.25) is 5.15 Å². The molecule has 0 saturated carbocycles. The maximum absolute atomic E-state index is 12.3. The molecule has 0 unspecified atom stereocenters. The maximum Gasteiger partial charge on any atom is 0.265 e. The van der Waals surface area contributed by atoms with Crippen LogP contribution >= 0.6 is 39.3 Å². The van der Waals surface area contributed by atoms with E-state index in [2.05, 4.69) is 25.6 Å². The quantitative estimate of drug-likeness (QED) is 0.629. The molecule has 106 valence electrons. The average molecular weight is 394 g/mol. The number of thioether (sulfide) groups is 1. The third-order valence-electron chi connectivity index (χ3n) is 2.41. The van der Waals surface area contributed by atoms with Crippen molar-refractivity contribution >= 4 is 55.0 Å². The van der Waals surface area contributed by atoms with Crippen molar-refractivity contribution in [2.75, 3.05) is 11.0 Å². The first-order chi connectivity index (χ1) is 9.42. The van der Waals surface area contributed by atoms with Gasteiger partial charge in [0.1, 0.15) is 10.0 Å². The summed E-state index contributed by atoms with van der Waals surface area (Å²) in [5.74, 6) is 0. The van der Waals surface area contributed by atoms with Gasteiger partial charge in [-0.3, -0.25) is 4.72 Å². The van der Waals surface area contributed by atoms with Gasteiger partial charge >= 0.3 is 0 Å². The molecule has 1 aromatic carbocycles. The maximum atomic E-state index is 12.3. The molecule has 0 aliphatic carbocycles. The summed E-state index contributed by atoms with van der Waals surface area (Å²) in [5, 5.41) is -0.0681. The van der Waals surface area contributed by atoms with Gasteiger partial charge in [-0.2, -0.15) is 0 Å². The first-order valence-electron chi connectivity index (χ1n) is 5.40. The molecule has 1 aromatic heterocycles. The van der Waals surface area contributed by atoms with Crippen LogP contribution in [0.1, 0.15) is 0 Å². The van der Waals surface area contributed by atoms with E-state index in [1.54, 1.807) is 23.9 Å². The minimum Gasteiger partial charge on any atom is -0.280 e. The van der Waals surface area contributed by atoms with Crippen molar-refractivity contribution in [3.05, 3.63) is 46.2 Å². The topological polar surface area (TPSA) is 59.1 Å². The Bertz CT molecular complexity index is 721. The number of nitrogens with one attached hydrogen (secondary N) is 1.